The predicted octanol–water partition coefficient (Wildman–Crippen LogP) is 1.45. The smallest absolute Gasteiger partial charge is 0.188 e. The van der Waals surface area contributed by atoms with E-state index >= 15 is 0 Å². The third-order valence-electron chi connectivity index (χ3n) is 1.42. The van der Waals surface area contributed by atoms with E-state index in [0.29, 0.717) is 11.5 Å². The van der Waals surface area contributed by atoms with Gasteiger partial charge >= 0.3 is 0 Å². The van der Waals surface area contributed by atoms with Crippen LogP contribution in [-0.2, 0) is 9.47 Å². The molecule has 0 fully saturated rings. The molecule has 1 aromatic rings. The van der Waals surface area contributed by atoms with Gasteiger partial charge in [-0.25, -0.2) is 0 Å². The Labute approximate surface area is 83.3 Å². The van der Waals surface area contributed by atoms with Crippen molar-refractivity contribution in [1.82, 2.24) is 0 Å². The van der Waals surface area contributed by atoms with Crippen molar-refractivity contribution in [2.45, 2.75) is 0 Å². The minimum atomic E-state index is 0.210. The van der Waals surface area contributed by atoms with E-state index in [1.165, 1.54) is 0 Å². The maximum atomic E-state index is 5.20. The molecule has 4 heteroatoms. The molecule has 0 bridgehead atoms. The minimum absolute atomic E-state index is 0.210. The van der Waals surface area contributed by atoms with Gasteiger partial charge in [0, 0.05) is 20.3 Å². The predicted molar refractivity (Wildman–Crippen MR) is 50.3 cm³/mol. The van der Waals surface area contributed by atoms with E-state index in [9.17, 15) is 0 Å². The van der Waals surface area contributed by atoms with Gasteiger partial charge in [0.1, 0.15) is 11.5 Å². The Hall–Kier alpha value is -1.26. The van der Waals surface area contributed by atoms with E-state index in [2.05, 4.69) is 6.07 Å². The van der Waals surface area contributed by atoms with Gasteiger partial charge in [0.2, 0.25) is 0 Å². The van der Waals surface area contributed by atoms with Crippen LogP contribution in [0.3, 0.4) is 0 Å². The van der Waals surface area contributed by atoms with E-state index in [1.807, 2.05) is 0 Å². The average molecular weight is 197 g/mol. The monoisotopic (exact) mass is 197 g/mol. The van der Waals surface area contributed by atoms with Gasteiger partial charge in [-0.2, -0.15) is 0 Å². The zero-order valence-electron chi connectivity index (χ0n) is 8.28. The SMILES string of the molecule is COCOc1c[c]cc(OCOC)c1. The molecule has 1 aromatic carbocycles. The fraction of sp³-hybridized carbons (Fsp3) is 0.400. The number of hydrogen-bond acceptors (Lipinski definition) is 4. The highest BCUT2D eigenvalue weighted by Crippen LogP contribution is 2.18. The van der Waals surface area contributed by atoms with Crippen molar-refractivity contribution in [3.05, 3.63) is 24.3 Å². The van der Waals surface area contributed by atoms with Gasteiger partial charge in [0.25, 0.3) is 0 Å². The van der Waals surface area contributed by atoms with Gasteiger partial charge < -0.3 is 18.9 Å². The molecule has 77 valence electrons. The van der Waals surface area contributed by atoms with Gasteiger partial charge in [0.15, 0.2) is 13.6 Å². The standard InChI is InChI=1S/C10H13O4/c1-11-7-13-9-4-3-5-10(6-9)14-8-12-2/h4-6H,7-8H2,1-2H3. The first kappa shape index (κ1) is 10.8. The first-order valence-corrected chi connectivity index (χ1v) is 4.11. The average Bonchev–Trinajstić information content (AvgIpc) is 2.24. The van der Waals surface area contributed by atoms with Crippen LogP contribution in [0.4, 0.5) is 0 Å². The molecule has 0 atom stereocenters. The van der Waals surface area contributed by atoms with Crippen molar-refractivity contribution < 1.29 is 18.9 Å². The Bertz CT molecular complexity index is 239. The summed E-state index contributed by atoms with van der Waals surface area (Å²) in [5.74, 6) is 1.31. The van der Waals surface area contributed by atoms with Crippen molar-refractivity contribution >= 4 is 0 Å². The molecule has 0 heterocycles. The lowest BCUT2D eigenvalue weighted by Crippen LogP contribution is -2.01. The zero-order valence-corrected chi connectivity index (χ0v) is 8.28. The van der Waals surface area contributed by atoms with Crippen LogP contribution in [0, 0.1) is 6.07 Å². The molecule has 1 rings (SSSR count). The molecule has 0 saturated carbocycles. The van der Waals surface area contributed by atoms with Crippen molar-refractivity contribution in [2.75, 3.05) is 27.8 Å². The van der Waals surface area contributed by atoms with E-state index < -0.39 is 0 Å². The largest absolute Gasteiger partial charge is 0.467 e. The van der Waals surface area contributed by atoms with Crippen LogP contribution < -0.4 is 9.47 Å². The summed E-state index contributed by atoms with van der Waals surface area (Å²) in [6.45, 7) is 0.420. The summed E-state index contributed by atoms with van der Waals surface area (Å²) < 4.78 is 19.9. The fourth-order valence-corrected chi connectivity index (χ4v) is 0.850. The van der Waals surface area contributed by atoms with Crippen molar-refractivity contribution in [2.24, 2.45) is 0 Å². The van der Waals surface area contributed by atoms with Crippen LogP contribution >= 0.6 is 0 Å². The molecule has 0 saturated heterocycles. The number of benzene rings is 1. The second-order valence-electron chi connectivity index (χ2n) is 2.51. The molecule has 4 nitrogen and oxygen atoms in total. The molecule has 1 radical (unpaired) electrons. The molecule has 0 aliphatic heterocycles. The minimum Gasteiger partial charge on any atom is -0.467 e. The maximum Gasteiger partial charge on any atom is 0.188 e. The molecular weight excluding hydrogens is 184 g/mol. The Morgan fingerprint density at radius 2 is 1.50 bits per heavy atom. The lowest BCUT2D eigenvalue weighted by Gasteiger charge is -2.07. The van der Waals surface area contributed by atoms with E-state index in [0.717, 1.165) is 0 Å². The maximum absolute atomic E-state index is 5.20. The highest BCUT2D eigenvalue weighted by Gasteiger charge is 1.97. The van der Waals surface area contributed by atoms with Crippen LogP contribution in [0.2, 0.25) is 0 Å². The second kappa shape index (κ2) is 6.23. The van der Waals surface area contributed by atoms with E-state index in [1.54, 1.807) is 32.4 Å². The van der Waals surface area contributed by atoms with E-state index in [4.69, 9.17) is 18.9 Å². The van der Waals surface area contributed by atoms with Gasteiger partial charge in [-0.15, -0.1) is 0 Å². The van der Waals surface area contributed by atoms with E-state index in [-0.39, 0.29) is 13.6 Å². The third kappa shape index (κ3) is 3.64. The quantitative estimate of drug-likeness (QED) is 0.647. The third-order valence-corrected chi connectivity index (χ3v) is 1.42. The summed E-state index contributed by atoms with van der Waals surface area (Å²) in [7, 11) is 3.13. The highest BCUT2D eigenvalue weighted by atomic mass is 16.7. The topological polar surface area (TPSA) is 36.9 Å². The Kier molecular flexibility index (Phi) is 4.82. The number of methoxy groups -OCH3 is 2. The Morgan fingerprint density at radius 1 is 1.00 bits per heavy atom. The Balaban J connectivity index is 2.50. The first-order valence-electron chi connectivity index (χ1n) is 4.11. The summed E-state index contributed by atoms with van der Waals surface area (Å²) in [4.78, 5) is 0. The summed E-state index contributed by atoms with van der Waals surface area (Å²) in [5, 5.41) is 0. The van der Waals surface area contributed by atoms with Crippen molar-refractivity contribution in [3.8, 4) is 11.5 Å². The highest BCUT2D eigenvalue weighted by molar-refractivity contribution is 5.32. The van der Waals surface area contributed by atoms with Crippen LogP contribution in [-0.4, -0.2) is 27.8 Å². The summed E-state index contributed by atoms with van der Waals surface area (Å²) >= 11 is 0. The molecular formula is C10H13O4. The van der Waals surface area contributed by atoms with Gasteiger partial charge in [-0.05, 0) is 18.2 Å². The van der Waals surface area contributed by atoms with Gasteiger partial charge in [-0.1, -0.05) is 0 Å². The number of ether oxygens (including phenoxy) is 4. The summed E-state index contributed by atoms with van der Waals surface area (Å²) in [5.41, 5.74) is 0. The summed E-state index contributed by atoms with van der Waals surface area (Å²) in [6, 6.07) is 8.04. The van der Waals surface area contributed by atoms with Crippen LogP contribution in [0.5, 0.6) is 11.5 Å². The molecule has 0 N–H and O–H groups in total. The molecule has 0 unspecified atom stereocenters. The van der Waals surface area contributed by atoms with Crippen LogP contribution in [0.1, 0.15) is 0 Å². The molecule has 14 heavy (non-hydrogen) atoms. The fourth-order valence-electron chi connectivity index (χ4n) is 0.850. The van der Waals surface area contributed by atoms with Gasteiger partial charge in [0.05, 0.1) is 0 Å². The van der Waals surface area contributed by atoms with Crippen molar-refractivity contribution in [3.63, 3.8) is 0 Å². The normalized spacial score (nSPS) is 9.86. The lowest BCUT2D eigenvalue weighted by atomic mass is 10.3. The Morgan fingerprint density at radius 3 is 1.93 bits per heavy atom. The molecule has 0 amide bonds. The molecule has 0 aliphatic carbocycles. The molecule has 0 aromatic heterocycles. The lowest BCUT2D eigenvalue weighted by molar-refractivity contribution is 0.0460. The van der Waals surface area contributed by atoms with Crippen LogP contribution in [0.15, 0.2) is 18.2 Å². The number of rotatable bonds is 6. The molecule has 0 spiro atoms. The van der Waals surface area contributed by atoms with Gasteiger partial charge in [-0.3, -0.25) is 0 Å². The number of hydrogen-bond donors (Lipinski definition) is 0. The van der Waals surface area contributed by atoms with Crippen molar-refractivity contribution in [1.29, 1.82) is 0 Å². The zero-order chi connectivity index (χ0) is 10.2. The molecule has 0 aliphatic rings. The van der Waals surface area contributed by atoms with Crippen LogP contribution in [0.25, 0.3) is 0 Å². The first-order chi connectivity index (χ1) is 6.86. The summed E-state index contributed by atoms with van der Waals surface area (Å²) in [6.07, 6.45) is 0. The second-order valence-corrected chi connectivity index (χ2v) is 2.51.